The summed E-state index contributed by atoms with van der Waals surface area (Å²) in [6.07, 6.45) is 1.07. The molecular weight excluding hydrogens is 283 g/mol. The van der Waals surface area contributed by atoms with Crippen LogP contribution in [0.4, 0.5) is 4.39 Å². The fraction of sp³-hybridized carbons (Fsp3) is 0. The minimum atomic E-state index is -1.36. The van der Waals surface area contributed by atoms with Crippen LogP contribution in [0.2, 0.25) is 0 Å². The number of nitrogens with zero attached hydrogens (tertiary/aromatic N) is 1. The molecule has 0 aliphatic carbocycles. The van der Waals surface area contributed by atoms with E-state index in [2.05, 4.69) is 9.97 Å². The van der Waals surface area contributed by atoms with Crippen LogP contribution in [0.3, 0.4) is 0 Å². The standard InChI is InChI=1S/C13H7FN2O3S/c14-8-4-6-11(17)7(13(18)19)5-15-12(6)16-10(8)9-2-1-3-20-9/h1-5H,(H,18,19)(H,15,16,17). The fourth-order valence-electron chi connectivity index (χ4n) is 1.87. The molecule has 0 bridgehead atoms. The van der Waals surface area contributed by atoms with Gasteiger partial charge in [0.15, 0.2) is 5.82 Å². The lowest BCUT2D eigenvalue weighted by atomic mass is 10.1. The molecule has 0 aliphatic rings. The van der Waals surface area contributed by atoms with Crippen LogP contribution in [0.1, 0.15) is 10.4 Å². The number of hydrogen-bond acceptors (Lipinski definition) is 4. The first-order valence-corrected chi connectivity index (χ1v) is 6.45. The minimum Gasteiger partial charge on any atom is -0.477 e. The van der Waals surface area contributed by atoms with Crippen molar-refractivity contribution in [1.82, 2.24) is 9.97 Å². The number of carbonyl (C=O) groups is 1. The normalized spacial score (nSPS) is 10.8. The highest BCUT2D eigenvalue weighted by Gasteiger charge is 2.16. The zero-order chi connectivity index (χ0) is 14.3. The minimum absolute atomic E-state index is 0.0808. The second kappa shape index (κ2) is 4.53. The molecule has 3 aromatic rings. The van der Waals surface area contributed by atoms with Crippen LogP contribution in [-0.4, -0.2) is 21.0 Å². The van der Waals surface area contributed by atoms with Crippen molar-refractivity contribution in [2.45, 2.75) is 0 Å². The summed E-state index contributed by atoms with van der Waals surface area (Å²) in [5.74, 6) is -2.02. The average molecular weight is 290 g/mol. The molecule has 0 aliphatic heterocycles. The number of hydrogen-bond donors (Lipinski definition) is 2. The number of thiophene rings is 1. The first-order valence-electron chi connectivity index (χ1n) is 5.57. The van der Waals surface area contributed by atoms with Gasteiger partial charge in [0.2, 0.25) is 5.43 Å². The van der Waals surface area contributed by atoms with E-state index >= 15 is 0 Å². The topological polar surface area (TPSA) is 83.0 Å². The number of pyridine rings is 2. The van der Waals surface area contributed by atoms with E-state index in [-0.39, 0.29) is 16.7 Å². The Morgan fingerprint density at radius 3 is 2.90 bits per heavy atom. The molecule has 2 N–H and O–H groups in total. The molecule has 0 unspecified atom stereocenters. The summed E-state index contributed by atoms with van der Waals surface area (Å²) in [7, 11) is 0. The van der Waals surface area contributed by atoms with E-state index in [1.54, 1.807) is 17.5 Å². The van der Waals surface area contributed by atoms with Crippen LogP contribution < -0.4 is 5.43 Å². The number of halogens is 1. The lowest BCUT2D eigenvalue weighted by molar-refractivity contribution is 0.0695. The molecule has 0 atom stereocenters. The van der Waals surface area contributed by atoms with Crippen molar-refractivity contribution in [3.05, 3.63) is 51.4 Å². The molecule has 3 aromatic heterocycles. The number of rotatable bonds is 2. The molecule has 20 heavy (non-hydrogen) atoms. The predicted molar refractivity (Wildman–Crippen MR) is 72.6 cm³/mol. The Kier molecular flexibility index (Phi) is 2.83. The third kappa shape index (κ3) is 1.88. The quantitative estimate of drug-likeness (QED) is 0.759. The third-order valence-corrected chi connectivity index (χ3v) is 3.68. The van der Waals surface area contributed by atoms with Crippen molar-refractivity contribution in [3.8, 4) is 10.6 Å². The summed E-state index contributed by atoms with van der Waals surface area (Å²) < 4.78 is 14.0. The molecule has 0 radical (unpaired) electrons. The van der Waals surface area contributed by atoms with Gasteiger partial charge in [-0.3, -0.25) is 4.79 Å². The van der Waals surface area contributed by atoms with Crippen molar-refractivity contribution in [2.24, 2.45) is 0 Å². The summed E-state index contributed by atoms with van der Waals surface area (Å²) in [5, 5.41) is 10.6. The van der Waals surface area contributed by atoms with Gasteiger partial charge >= 0.3 is 5.97 Å². The average Bonchev–Trinajstić information content (AvgIpc) is 2.92. The van der Waals surface area contributed by atoms with E-state index in [1.165, 1.54) is 11.3 Å². The maximum absolute atomic E-state index is 14.0. The summed E-state index contributed by atoms with van der Waals surface area (Å²) in [6, 6.07) is 4.50. The number of H-pyrrole nitrogens is 1. The molecule has 0 saturated heterocycles. The second-order valence-corrected chi connectivity index (χ2v) is 4.98. The molecule has 3 heterocycles. The zero-order valence-electron chi connectivity index (χ0n) is 9.88. The van der Waals surface area contributed by atoms with Gasteiger partial charge in [0.05, 0.1) is 10.3 Å². The predicted octanol–water partition coefficient (Wildman–Crippen LogP) is 2.49. The molecule has 0 aromatic carbocycles. The first kappa shape index (κ1) is 12.5. The highest BCUT2D eigenvalue weighted by atomic mass is 32.1. The Hall–Kier alpha value is -2.54. The maximum Gasteiger partial charge on any atom is 0.341 e. The van der Waals surface area contributed by atoms with Gasteiger partial charge in [0, 0.05) is 6.20 Å². The summed E-state index contributed by atoms with van der Waals surface area (Å²) >= 11 is 1.32. The number of aromatic amines is 1. The fourth-order valence-corrected chi connectivity index (χ4v) is 2.58. The van der Waals surface area contributed by atoms with Gasteiger partial charge in [0.1, 0.15) is 16.9 Å². The highest BCUT2D eigenvalue weighted by Crippen LogP contribution is 2.26. The number of fused-ring (bicyclic) bond motifs is 1. The largest absolute Gasteiger partial charge is 0.477 e. The van der Waals surface area contributed by atoms with Gasteiger partial charge in [-0.15, -0.1) is 11.3 Å². The lowest BCUT2D eigenvalue weighted by Gasteiger charge is -2.03. The van der Waals surface area contributed by atoms with Crippen molar-refractivity contribution >= 4 is 28.3 Å². The molecule has 0 saturated carbocycles. The van der Waals surface area contributed by atoms with E-state index in [1.807, 2.05) is 0 Å². The smallest absolute Gasteiger partial charge is 0.341 e. The summed E-state index contributed by atoms with van der Waals surface area (Å²) in [4.78, 5) is 30.1. The Morgan fingerprint density at radius 1 is 1.45 bits per heavy atom. The van der Waals surface area contributed by atoms with Crippen LogP contribution in [0, 0.1) is 5.82 Å². The SMILES string of the molecule is O=C(O)c1c[nH]c2nc(-c3cccs3)c(F)cc2c1=O. The maximum atomic E-state index is 14.0. The summed E-state index contributed by atoms with van der Waals surface area (Å²) in [6.45, 7) is 0. The molecular formula is C13H7FN2O3S. The number of nitrogens with one attached hydrogen (secondary N) is 1. The molecule has 7 heteroatoms. The highest BCUT2D eigenvalue weighted by molar-refractivity contribution is 7.13. The van der Waals surface area contributed by atoms with E-state index < -0.39 is 22.8 Å². The van der Waals surface area contributed by atoms with Gasteiger partial charge in [-0.25, -0.2) is 14.2 Å². The van der Waals surface area contributed by atoms with Crippen molar-refractivity contribution in [2.75, 3.05) is 0 Å². The van der Waals surface area contributed by atoms with Crippen LogP contribution >= 0.6 is 11.3 Å². The van der Waals surface area contributed by atoms with Gasteiger partial charge in [-0.05, 0) is 17.5 Å². The number of carboxylic acids is 1. The van der Waals surface area contributed by atoms with Gasteiger partial charge in [0.25, 0.3) is 0 Å². The Balaban J connectivity index is 2.32. The van der Waals surface area contributed by atoms with E-state index in [0.717, 1.165) is 12.3 Å². The number of aromatic carboxylic acids is 1. The van der Waals surface area contributed by atoms with Crippen molar-refractivity contribution in [1.29, 1.82) is 0 Å². The molecule has 0 spiro atoms. The van der Waals surface area contributed by atoms with Crippen molar-refractivity contribution < 1.29 is 14.3 Å². The number of aromatic nitrogens is 2. The molecule has 100 valence electrons. The molecule has 3 rings (SSSR count). The molecule has 0 fully saturated rings. The van der Waals surface area contributed by atoms with E-state index in [0.29, 0.717) is 4.88 Å². The van der Waals surface area contributed by atoms with E-state index in [4.69, 9.17) is 5.11 Å². The van der Waals surface area contributed by atoms with Crippen LogP contribution in [0.25, 0.3) is 21.6 Å². The van der Waals surface area contributed by atoms with Crippen LogP contribution in [0.5, 0.6) is 0 Å². The van der Waals surface area contributed by atoms with Crippen LogP contribution in [0.15, 0.2) is 34.6 Å². The summed E-state index contributed by atoms with van der Waals surface area (Å²) in [5.41, 5.74) is -0.908. The first-order chi connectivity index (χ1) is 9.58. The van der Waals surface area contributed by atoms with Crippen LogP contribution in [-0.2, 0) is 0 Å². The zero-order valence-corrected chi connectivity index (χ0v) is 10.7. The monoisotopic (exact) mass is 290 g/mol. The van der Waals surface area contributed by atoms with E-state index in [9.17, 15) is 14.0 Å². The number of carboxylic acid groups (broad SMARTS) is 1. The van der Waals surface area contributed by atoms with Gasteiger partial charge in [-0.1, -0.05) is 6.07 Å². The van der Waals surface area contributed by atoms with Crippen molar-refractivity contribution in [3.63, 3.8) is 0 Å². The lowest BCUT2D eigenvalue weighted by Crippen LogP contribution is -2.16. The second-order valence-electron chi connectivity index (χ2n) is 4.03. The van der Waals surface area contributed by atoms with Gasteiger partial charge in [-0.2, -0.15) is 0 Å². The Labute approximate surface area is 115 Å². The third-order valence-electron chi connectivity index (χ3n) is 2.80. The Morgan fingerprint density at radius 2 is 2.25 bits per heavy atom. The Bertz CT molecular complexity index is 871. The molecule has 5 nitrogen and oxygen atoms in total. The molecule has 0 amide bonds. The van der Waals surface area contributed by atoms with Gasteiger partial charge < -0.3 is 10.1 Å².